The van der Waals surface area contributed by atoms with Gasteiger partial charge in [0.15, 0.2) is 0 Å². The Morgan fingerprint density at radius 3 is 2.59 bits per heavy atom. The van der Waals surface area contributed by atoms with Crippen LogP contribution in [-0.2, 0) is 17.9 Å². The molecule has 0 spiro atoms. The van der Waals surface area contributed by atoms with Gasteiger partial charge in [-0.3, -0.25) is 9.69 Å². The molecular formula is C28H33N3O. The summed E-state index contributed by atoms with van der Waals surface area (Å²) in [6.45, 7) is 14.5. The monoisotopic (exact) mass is 427 g/mol. The van der Waals surface area contributed by atoms with Gasteiger partial charge in [0.05, 0.1) is 0 Å². The van der Waals surface area contributed by atoms with Gasteiger partial charge in [0.2, 0.25) is 5.91 Å². The van der Waals surface area contributed by atoms with Gasteiger partial charge in [0.1, 0.15) is 6.04 Å². The van der Waals surface area contributed by atoms with E-state index in [1.165, 1.54) is 40.7 Å². The maximum Gasteiger partial charge on any atom is 0.246 e. The van der Waals surface area contributed by atoms with Crippen LogP contribution in [0.4, 0.5) is 0 Å². The maximum absolute atomic E-state index is 12.5. The average Bonchev–Trinajstić information content (AvgIpc) is 3.11. The van der Waals surface area contributed by atoms with Crippen molar-refractivity contribution in [2.75, 3.05) is 13.1 Å². The quantitative estimate of drug-likeness (QED) is 0.750. The van der Waals surface area contributed by atoms with Crippen molar-refractivity contribution in [1.29, 1.82) is 0 Å². The van der Waals surface area contributed by atoms with Crippen molar-refractivity contribution in [2.45, 2.75) is 57.7 Å². The van der Waals surface area contributed by atoms with E-state index < -0.39 is 0 Å². The van der Waals surface area contributed by atoms with Crippen molar-refractivity contribution in [3.63, 3.8) is 0 Å². The molecule has 4 nitrogen and oxygen atoms in total. The molecule has 0 saturated carbocycles. The Balaban J connectivity index is 1.23. The van der Waals surface area contributed by atoms with E-state index in [-0.39, 0.29) is 11.9 Å². The zero-order chi connectivity index (χ0) is 22.2. The number of aryl methyl sites for hydroxylation is 1. The Kier molecular flexibility index (Phi) is 5.64. The first-order valence-corrected chi connectivity index (χ1v) is 11.8. The first kappa shape index (κ1) is 21.0. The normalized spacial score (nSPS) is 22.2. The third-order valence-electron chi connectivity index (χ3n) is 7.54. The molecule has 2 aromatic rings. The molecule has 0 aromatic heterocycles. The van der Waals surface area contributed by atoms with Gasteiger partial charge >= 0.3 is 0 Å². The number of likely N-dealkylation sites (tertiary alicyclic amines) is 1. The Morgan fingerprint density at radius 1 is 1.06 bits per heavy atom. The highest BCUT2D eigenvalue weighted by atomic mass is 16.2. The topological polar surface area (TPSA) is 35.6 Å². The lowest BCUT2D eigenvalue weighted by Crippen LogP contribution is -2.47. The van der Waals surface area contributed by atoms with E-state index in [2.05, 4.69) is 77.7 Å². The third kappa shape index (κ3) is 4.00. The lowest BCUT2D eigenvalue weighted by atomic mass is 9.87. The molecule has 2 fully saturated rings. The SMILES string of the molecule is C=C1CCC(N2Cc3cc(C4CCN(Cc5ccccc5C)CC4)ccc3C2=C)C(=O)N1. The van der Waals surface area contributed by atoms with Crippen molar-refractivity contribution in [3.05, 3.63) is 89.1 Å². The highest BCUT2D eigenvalue weighted by Gasteiger charge is 2.35. The van der Waals surface area contributed by atoms with Crippen LogP contribution in [0.3, 0.4) is 0 Å². The molecule has 0 bridgehead atoms. The predicted octanol–water partition coefficient (Wildman–Crippen LogP) is 4.95. The van der Waals surface area contributed by atoms with Crippen LogP contribution in [0, 0.1) is 6.92 Å². The maximum atomic E-state index is 12.5. The Morgan fingerprint density at radius 2 is 1.84 bits per heavy atom. The van der Waals surface area contributed by atoms with Crippen molar-refractivity contribution in [1.82, 2.24) is 15.1 Å². The molecule has 4 heteroatoms. The van der Waals surface area contributed by atoms with Gasteiger partial charge in [-0.05, 0) is 73.9 Å². The van der Waals surface area contributed by atoms with E-state index in [0.717, 1.165) is 50.4 Å². The summed E-state index contributed by atoms with van der Waals surface area (Å²) in [6, 6.07) is 15.5. The number of hydrogen-bond donors (Lipinski definition) is 1. The first-order valence-electron chi connectivity index (χ1n) is 11.8. The van der Waals surface area contributed by atoms with Gasteiger partial charge < -0.3 is 10.2 Å². The molecule has 3 aliphatic heterocycles. The number of allylic oxidation sites excluding steroid dienone is 1. The van der Waals surface area contributed by atoms with Gasteiger partial charge in [-0.1, -0.05) is 55.6 Å². The summed E-state index contributed by atoms with van der Waals surface area (Å²) in [5, 5.41) is 2.92. The highest BCUT2D eigenvalue weighted by molar-refractivity contribution is 5.87. The summed E-state index contributed by atoms with van der Waals surface area (Å²) < 4.78 is 0. The Bertz CT molecular complexity index is 1060. The standard InChI is InChI=1S/C28H33N3O/c1-19-6-4-5-7-24(19)17-30-14-12-22(13-15-30)23-9-10-26-21(3)31(18-25(26)16-23)27-11-8-20(2)29-28(27)32/h4-7,9-10,16,22,27H,2-3,8,11-15,17-18H2,1H3,(H,29,32). The van der Waals surface area contributed by atoms with E-state index in [1.54, 1.807) is 0 Å². The molecule has 1 N–H and O–H groups in total. The van der Waals surface area contributed by atoms with Gasteiger partial charge in [-0.25, -0.2) is 0 Å². The molecule has 1 unspecified atom stereocenters. The zero-order valence-electron chi connectivity index (χ0n) is 19.1. The molecule has 1 atom stereocenters. The first-order chi connectivity index (χ1) is 15.5. The Labute approximate surface area is 191 Å². The predicted molar refractivity (Wildman–Crippen MR) is 130 cm³/mol. The number of amides is 1. The number of rotatable bonds is 4. The molecule has 0 aliphatic carbocycles. The van der Waals surface area contributed by atoms with Gasteiger partial charge in [-0.2, -0.15) is 0 Å². The second-order valence-electron chi connectivity index (χ2n) is 9.62. The second-order valence-corrected chi connectivity index (χ2v) is 9.62. The largest absolute Gasteiger partial charge is 0.355 e. The number of carbonyl (C=O) groups is 1. The van der Waals surface area contributed by atoms with Crippen molar-refractivity contribution < 1.29 is 4.79 Å². The molecule has 3 aliphatic rings. The number of piperidine rings is 2. The highest BCUT2D eigenvalue weighted by Crippen LogP contribution is 2.38. The van der Waals surface area contributed by atoms with Crippen LogP contribution in [0.5, 0.6) is 0 Å². The summed E-state index contributed by atoms with van der Waals surface area (Å²) in [5.41, 5.74) is 8.58. The lowest BCUT2D eigenvalue weighted by molar-refractivity contribution is -0.125. The van der Waals surface area contributed by atoms with Crippen LogP contribution < -0.4 is 5.32 Å². The van der Waals surface area contributed by atoms with Crippen LogP contribution in [0.1, 0.15) is 59.4 Å². The summed E-state index contributed by atoms with van der Waals surface area (Å²) in [5.74, 6) is 0.661. The molecule has 1 amide bonds. The average molecular weight is 428 g/mol. The number of hydrogen-bond acceptors (Lipinski definition) is 3. The number of fused-ring (bicyclic) bond motifs is 1. The molecule has 0 radical (unpaired) electrons. The summed E-state index contributed by atoms with van der Waals surface area (Å²) >= 11 is 0. The van der Waals surface area contributed by atoms with Crippen LogP contribution >= 0.6 is 0 Å². The number of benzene rings is 2. The van der Waals surface area contributed by atoms with Crippen LogP contribution in [0.2, 0.25) is 0 Å². The fourth-order valence-electron chi connectivity index (χ4n) is 5.52. The number of carbonyl (C=O) groups excluding carboxylic acids is 1. The summed E-state index contributed by atoms with van der Waals surface area (Å²) in [7, 11) is 0. The molecule has 5 rings (SSSR count). The Hall–Kier alpha value is -2.85. The van der Waals surface area contributed by atoms with Crippen molar-refractivity contribution in [3.8, 4) is 0 Å². The van der Waals surface area contributed by atoms with Gasteiger partial charge in [0.25, 0.3) is 0 Å². The minimum absolute atomic E-state index is 0.0523. The van der Waals surface area contributed by atoms with Crippen LogP contribution in [-0.4, -0.2) is 34.8 Å². The summed E-state index contributed by atoms with van der Waals surface area (Å²) in [4.78, 5) is 17.3. The zero-order valence-corrected chi connectivity index (χ0v) is 19.1. The molecule has 2 aromatic carbocycles. The fraction of sp³-hybridized carbons (Fsp3) is 0.393. The van der Waals surface area contributed by atoms with Gasteiger partial charge in [0, 0.05) is 30.0 Å². The molecule has 166 valence electrons. The minimum Gasteiger partial charge on any atom is -0.355 e. The van der Waals surface area contributed by atoms with E-state index in [9.17, 15) is 4.79 Å². The molecule has 32 heavy (non-hydrogen) atoms. The van der Waals surface area contributed by atoms with E-state index in [0.29, 0.717) is 5.92 Å². The molecule has 3 heterocycles. The van der Waals surface area contributed by atoms with E-state index in [4.69, 9.17) is 0 Å². The van der Waals surface area contributed by atoms with Crippen molar-refractivity contribution >= 4 is 11.6 Å². The smallest absolute Gasteiger partial charge is 0.246 e. The second kappa shape index (κ2) is 8.59. The lowest BCUT2D eigenvalue weighted by Gasteiger charge is -2.33. The molecular weight excluding hydrogens is 394 g/mol. The summed E-state index contributed by atoms with van der Waals surface area (Å²) in [6.07, 6.45) is 4.04. The number of nitrogens with one attached hydrogen (secondary N) is 1. The third-order valence-corrected chi connectivity index (χ3v) is 7.54. The van der Waals surface area contributed by atoms with Crippen molar-refractivity contribution in [2.24, 2.45) is 0 Å². The molecule has 2 saturated heterocycles. The van der Waals surface area contributed by atoms with E-state index in [1.807, 2.05) is 0 Å². The van der Waals surface area contributed by atoms with Crippen LogP contribution in [0.25, 0.3) is 5.70 Å². The minimum atomic E-state index is -0.145. The van der Waals surface area contributed by atoms with Gasteiger partial charge in [-0.15, -0.1) is 0 Å². The fourth-order valence-corrected chi connectivity index (χ4v) is 5.52. The number of nitrogens with zero attached hydrogens (tertiary/aromatic N) is 2. The van der Waals surface area contributed by atoms with Crippen LogP contribution in [0.15, 0.2) is 61.3 Å². The van der Waals surface area contributed by atoms with E-state index >= 15 is 0 Å².